The van der Waals surface area contributed by atoms with E-state index in [2.05, 4.69) is 15.2 Å². The van der Waals surface area contributed by atoms with Gasteiger partial charge in [-0.3, -0.25) is 14.7 Å². The molecule has 2 aliphatic heterocycles. The molecule has 4 rings (SSSR count). The molecule has 0 bridgehead atoms. The summed E-state index contributed by atoms with van der Waals surface area (Å²) in [7, 11) is 0. The van der Waals surface area contributed by atoms with Gasteiger partial charge in [0, 0.05) is 48.9 Å². The van der Waals surface area contributed by atoms with Crippen molar-refractivity contribution in [1.82, 2.24) is 14.8 Å². The standard InChI is InChI=1S/C22H26F4N4O/c1-14-9-16(23)12-30(14)21(31)13-29-7-5-17(6-8-29)28-20-4-2-3-19-18(20)10-15(11-27-19)22(24,25)26/h2-4,10-11,14,16-17,28H,5-9,12-13H2,1H3/t14-,16+/m1/s1. The lowest BCUT2D eigenvalue weighted by Crippen LogP contribution is -2.46. The largest absolute Gasteiger partial charge is 0.417 e. The molecule has 1 aromatic heterocycles. The Balaban J connectivity index is 1.37. The summed E-state index contributed by atoms with van der Waals surface area (Å²) < 4.78 is 52.8. The van der Waals surface area contributed by atoms with Crippen LogP contribution < -0.4 is 5.32 Å². The second-order valence-corrected chi connectivity index (χ2v) is 8.52. The Morgan fingerprint density at radius 3 is 2.65 bits per heavy atom. The van der Waals surface area contributed by atoms with Crippen molar-refractivity contribution in [2.75, 3.05) is 31.5 Å². The van der Waals surface area contributed by atoms with Crippen LogP contribution >= 0.6 is 0 Å². The van der Waals surface area contributed by atoms with Crippen molar-refractivity contribution in [1.29, 1.82) is 0 Å². The molecule has 0 saturated carbocycles. The number of hydrogen-bond acceptors (Lipinski definition) is 4. The Labute approximate surface area is 178 Å². The molecule has 2 atom stereocenters. The van der Waals surface area contributed by atoms with Crippen molar-refractivity contribution in [3.8, 4) is 0 Å². The number of aromatic nitrogens is 1. The van der Waals surface area contributed by atoms with Crippen molar-refractivity contribution in [3.05, 3.63) is 36.0 Å². The first-order valence-corrected chi connectivity index (χ1v) is 10.6. The number of rotatable bonds is 4. The highest BCUT2D eigenvalue weighted by Gasteiger charge is 2.34. The van der Waals surface area contributed by atoms with Gasteiger partial charge < -0.3 is 10.2 Å². The van der Waals surface area contributed by atoms with Crippen LogP contribution in [0.1, 0.15) is 31.7 Å². The number of halogens is 4. The summed E-state index contributed by atoms with van der Waals surface area (Å²) in [5.74, 6) is -0.0427. The SMILES string of the molecule is C[C@@H]1C[C@H](F)CN1C(=O)CN1CCC(Nc2cccc3ncc(C(F)(F)F)cc23)CC1. The highest BCUT2D eigenvalue weighted by molar-refractivity contribution is 5.91. The number of pyridine rings is 1. The van der Waals surface area contributed by atoms with Gasteiger partial charge in [-0.25, -0.2) is 4.39 Å². The minimum atomic E-state index is -4.44. The van der Waals surface area contributed by atoms with E-state index >= 15 is 0 Å². The van der Waals surface area contributed by atoms with Crippen LogP contribution in [-0.4, -0.2) is 65.1 Å². The van der Waals surface area contributed by atoms with Crippen LogP contribution in [0, 0.1) is 0 Å². The van der Waals surface area contributed by atoms with Gasteiger partial charge in [-0.2, -0.15) is 13.2 Å². The molecule has 2 aromatic rings. The zero-order chi connectivity index (χ0) is 22.2. The molecule has 1 amide bonds. The number of carbonyl (C=O) groups is 1. The molecule has 2 saturated heterocycles. The molecule has 5 nitrogen and oxygen atoms in total. The highest BCUT2D eigenvalue weighted by atomic mass is 19.4. The minimum Gasteiger partial charge on any atom is -0.382 e. The van der Waals surface area contributed by atoms with E-state index in [1.54, 1.807) is 23.1 Å². The first kappa shape index (κ1) is 21.8. The quantitative estimate of drug-likeness (QED) is 0.731. The van der Waals surface area contributed by atoms with E-state index in [1.165, 1.54) is 0 Å². The number of piperidine rings is 1. The molecular weight excluding hydrogens is 412 g/mol. The summed E-state index contributed by atoms with van der Waals surface area (Å²) in [5.41, 5.74) is 0.367. The molecule has 0 aliphatic carbocycles. The van der Waals surface area contributed by atoms with Gasteiger partial charge in [0.2, 0.25) is 5.91 Å². The number of nitrogens with one attached hydrogen (secondary N) is 1. The summed E-state index contributed by atoms with van der Waals surface area (Å²) in [6.45, 7) is 3.71. The lowest BCUT2D eigenvalue weighted by atomic mass is 10.0. The lowest BCUT2D eigenvalue weighted by molar-refractivity contribution is -0.137. The molecule has 1 aromatic carbocycles. The third-order valence-electron chi connectivity index (χ3n) is 6.20. The molecule has 31 heavy (non-hydrogen) atoms. The van der Waals surface area contributed by atoms with Crippen LogP contribution in [-0.2, 0) is 11.0 Å². The van der Waals surface area contributed by atoms with Gasteiger partial charge in [0.15, 0.2) is 0 Å². The van der Waals surface area contributed by atoms with E-state index in [0.717, 1.165) is 25.1 Å². The number of nitrogens with zero attached hydrogens (tertiary/aromatic N) is 3. The molecule has 9 heteroatoms. The predicted octanol–water partition coefficient (Wildman–Crippen LogP) is 4.09. The number of alkyl halides is 4. The van der Waals surface area contributed by atoms with Crippen molar-refractivity contribution >= 4 is 22.5 Å². The average Bonchev–Trinajstić information content (AvgIpc) is 3.07. The number of carbonyl (C=O) groups excluding carboxylic acids is 1. The Morgan fingerprint density at radius 2 is 2.00 bits per heavy atom. The van der Waals surface area contributed by atoms with E-state index in [-0.39, 0.29) is 31.1 Å². The minimum absolute atomic E-state index is 0.0427. The Kier molecular flexibility index (Phi) is 6.05. The van der Waals surface area contributed by atoms with Gasteiger partial charge in [0.25, 0.3) is 0 Å². The van der Waals surface area contributed by atoms with Crippen molar-refractivity contribution in [3.63, 3.8) is 0 Å². The fourth-order valence-electron chi connectivity index (χ4n) is 4.48. The summed E-state index contributed by atoms with van der Waals surface area (Å²) >= 11 is 0. The second kappa shape index (κ2) is 8.61. The third kappa shape index (κ3) is 4.92. The average molecular weight is 438 g/mol. The van der Waals surface area contributed by atoms with Gasteiger partial charge in [0.05, 0.1) is 24.2 Å². The molecule has 0 spiro atoms. The fourth-order valence-corrected chi connectivity index (χ4v) is 4.48. The van der Waals surface area contributed by atoms with E-state index in [0.29, 0.717) is 36.1 Å². The Hall–Kier alpha value is -2.42. The number of benzene rings is 1. The molecule has 1 N–H and O–H groups in total. The van der Waals surface area contributed by atoms with Gasteiger partial charge in [-0.15, -0.1) is 0 Å². The number of anilines is 1. The fraction of sp³-hybridized carbons (Fsp3) is 0.545. The van der Waals surface area contributed by atoms with Crippen LogP contribution in [0.4, 0.5) is 23.2 Å². The van der Waals surface area contributed by atoms with Crippen LogP contribution in [0.3, 0.4) is 0 Å². The maximum atomic E-state index is 13.5. The smallest absolute Gasteiger partial charge is 0.382 e. The topological polar surface area (TPSA) is 48.5 Å². The summed E-state index contributed by atoms with van der Waals surface area (Å²) in [6, 6.07) is 6.39. The molecule has 2 aliphatic rings. The van der Waals surface area contributed by atoms with Crippen molar-refractivity contribution in [2.45, 2.75) is 50.6 Å². The first-order valence-electron chi connectivity index (χ1n) is 10.6. The first-order chi connectivity index (χ1) is 14.7. The Bertz CT molecular complexity index is 943. The van der Waals surface area contributed by atoms with Crippen LogP contribution in [0.5, 0.6) is 0 Å². The highest BCUT2D eigenvalue weighted by Crippen LogP contribution is 2.33. The zero-order valence-electron chi connectivity index (χ0n) is 17.3. The second-order valence-electron chi connectivity index (χ2n) is 8.52. The summed E-state index contributed by atoms with van der Waals surface area (Å²) in [6.07, 6.45) is -2.61. The number of likely N-dealkylation sites (tertiary alicyclic amines) is 2. The molecular formula is C22H26F4N4O. The maximum absolute atomic E-state index is 13.5. The van der Waals surface area contributed by atoms with E-state index in [1.807, 2.05) is 6.92 Å². The van der Waals surface area contributed by atoms with E-state index in [9.17, 15) is 22.4 Å². The third-order valence-corrected chi connectivity index (χ3v) is 6.20. The number of amides is 1. The lowest BCUT2D eigenvalue weighted by Gasteiger charge is -2.34. The Morgan fingerprint density at radius 1 is 1.26 bits per heavy atom. The van der Waals surface area contributed by atoms with E-state index in [4.69, 9.17) is 0 Å². The normalized spacial score (nSPS) is 23.5. The maximum Gasteiger partial charge on any atom is 0.417 e. The number of fused-ring (bicyclic) bond motifs is 1. The van der Waals surface area contributed by atoms with Gasteiger partial charge >= 0.3 is 6.18 Å². The van der Waals surface area contributed by atoms with Crippen LogP contribution in [0.25, 0.3) is 10.9 Å². The molecule has 0 radical (unpaired) electrons. The summed E-state index contributed by atoms with van der Waals surface area (Å²) in [4.78, 5) is 20.1. The van der Waals surface area contributed by atoms with Crippen molar-refractivity contribution < 1.29 is 22.4 Å². The van der Waals surface area contributed by atoms with Crippen LogP contribution in [0.2, 0.25) is 0 Å². The predicted molar refractivity (Wildman–Crippen MR) is 111 cm³/mol. The van der Waals surface area contributed by atoms with E-state index < -0.39 is 17.9 Å². The monoisotopic (exact) mass is 438 g/mol. The molecule has 0 unspecified atom stereocenters. The van der Waals surface area contributed by atoms with Gasteiger partial charge in [-0.05, 0) is 38.0 Å². The zero-order valence-corrected chi connectivity index (χ0v) is 17.3. The summed E-state index contributed by atoms with van der Waals surface area (Å²) in [5, 5.41) is 3.81. The molecule has 168 valence electrons. The van der Waals surface area contributed by atoms with Gasteiger partial charge in [-0.1, -0.05) is 6.07 Å². The number of hydrogen-bond donors (Lipinski definition) is 1. The van der Waals surface area contributed by atoms with Gasteiger partial charge in [0.1, 0.15) is 6.17 Å². The van der Waals surface area contributed by atoms with Crippen LogP contribution in [0.15, 0.2) is 30.5 Å². The molecule has 2 fully saturated rings. The molecule has 3 heterocycles. The van der Waals surface area contributed by atoms with Crippen molar-refractivity contribution in [2.24, 2.45) is 0 Å².